The molecule has 0 bridgehead atoms. The lowest BCUT2D eigenvalue weighted by atomic mass is 10.2. The first-order valence-electron chi connectivity index (χ1n) is 6.33. The lowest BCUT2D eigenvalue weighted by Crippen LogP contribution is -2.24. The van der Waals surface area contributed by atoms with Crippen LogP contribution < -0.4 is 4.90 Å². The largest absolute Gasteiger partial charge is 0.357 e. The number of fused-ring (bicyclic) bond motifs is 1. The molecule has 1 aromatic carbocycles. The highest BCUT2D eigenvalue weighted by molar-refractivity contribution is 8.13. The summed E-state index contributed by atoms with van der Waals surface area (Å²) in [5.74, 6) is 0. The van der Waals surface area contributed by atoms with Gasteiger partial charge in [-0.2, -0.15) is 0 Å². The summed E-state index contributed by atoms with van der Waals surface area (Å²) < 4.78 is 0. The predicted octanol–water partition coefficient (Wildman–Crippen LogP) is 3.88. The van der Waals surface area contributed by atoms with Gasteiger partial charge in [-0.1, -0.05) is 30.3 Å². The summed E-state index contributed by atoms with van der Waals surface area (Å²) in [6, 6.07) is 12.8. The number of anilines is 1. The lowest BCUT2D eigenvalue weighted by Gasteiger charge is -2.22. The fraction of sp³-hybridized carbons (Fsp3) is 0.267. The molecule has 98 valence electrons. The molecule has 0 fully saturated rings. The van der Waals surface area contributed by atoms with E-state index in [9.17, 15) is 0 Å². The molecule has 2 heterocycles. The zero-order valence-corrected chi connectivity index (χ0v) is 12.5. The van der Waals surface area contributed by atoms with Crippen LogP contribution in [0.5, 0.6) is 0 Å². The van der Waals surface area contributed by atoms with Gasteiger partial charge < -0.3 is 4.90 Å². The number of hydrogen-bond donors (Lipinski definition) is 0. The molecule has 3 rings (SSSR count). The summed E-state index contributed by atoms with van der Waals surface area (Å²) >= 11 is 3.56. The number of thiophene rings is 1. The van der Waals surface area contributed by atoms with Crippen molar-refractivity contribution in [2.24, 2.45) is 4.99 Å². The summed E-state index contributed by atoms with van der Waals surface area (Å²) in [6.07, 6.45) is 2.10. The smallest absolute Gasteiger partial charge is 0.101 e. The Bertz CT molecular complexity index is 575. The Morgan fingerprint density at radius 3 is 2.89 bits per heavy atom. The zero-order valence-electron chi connectivity index (χ0n) is 10.9. The van der Waals surface area contributed by atoms with Gasteiger partial charge in [0.1, 0.15) is 10.0 Å². The molecule has 0 spiro atoms. The molecule has 0 atom stereocenters. The van der Waals surface area contributed by atoms with E-state index in [0.717, 1.165) is 19.6 Å². The van der Waals surface area contributed by atoms with Crippen molar-refractivity contribution in [2.75, 3.05) is 24.2 Å². The molecule has 0 saturated carbocycles. The van der Waals surface area contributed by atoms with Gasteiger partial charge in [-0.25, -0.2) is 0 Å². The van der Waals surface area contributed by atoms with Gasteiger partial charge in [0, 0.05) is 18.7 Å². The monoisotopic (exact) mass is 288 g/mol. The first-order valence-corrected chi connectivity index (χ1v) is 8.44. The van der Waals surface area contributed by atoms with Gasteiger partial charge in [-0.05, 0) is 23.3 Å². The number of thioether (sulfide) groups is 1. The number of aliphatic imine (C=N–C) groups is 1. The highest BCUT2D eigenvalue weighted by atomic mass is 32.2. The molecule has 2 aromatic rings. The average Bonchev–Trinajstić information content (AvgIpc) is 2.87. The van der Waals surface area contributed by atoms with Crippen LogP contribution in [-0.4, -0.2) is 24.4 Å². The third-order valence-corrected chi connectivity index (χ3v) is 4.91. The average molecular weight is 288 g/mol. The van der Waals surface area contributed by atoms with Gasteiger partial charge in [-0.3, -0.25) is 4.99 Å². The summed E-state index contributed by atoms with van der Waals surface area (Å²) in [6.45, 7) is 2.84. The van der Waals surface area contributed by atoms with Crippen molar-refractivity contribution in [1.29, 1.82) is 0 Å². The summed E-state index contributed by atoms with van der Waals surface area (Å²) in [7, 11) is 0. The minimum absolute atomic E-state index is 0.879. The van der Waals surface area contributed by atoms with Crippen LogP contribution in [0.25, 0.3) is 0 Å². The molecule has 1 aromatic heterocycles. The Hall–Kier alpha value is -1.26. The van der Waals surface area contributed by atoms with Crippen LogP contribution in [0.4, 0.5) is 5.00 Å². The van der Waals surface area contributed by atoms with Gasteiger partial charge in [0.15, 0.2) is 0 Å². The van der Waals surface area contributed by atoms with E-state index >= 15 is 0 Å². The SMILES string of the molecule is CSC1=NCCN(Cc2ccccc2)c2sccc21. The van der Waals surface area contributed by atoms with Crippen LogP contribution >= 0.6 is 23.1 Å². The first-order chi connectivity index (χ1) is 9.38. The van der Waals surface area contributed by atoms with Gasteiger partial charge in [0.05, 0.1) is 6.54 Å². The molecule has 0 N–H and O–H groups in total. The van der Waals surface area contributed by atoms with E-state index in [2.05, 4.69) is 52.9 Å². The molecule has 1 aliphatic heterocycles. The predicted molar refractivity (Wildman–Crippen MR) is 86.7 cm³/mol. The second kappa shape index (κ2) is 5.80. The molecular weight excluding hydrogens is 272 g/mol. The third-order valence-electron chi connectivity index (χ3n) is 3.20. The number of rotatable bonds is 2. The van der Waals surface area contributed by atoms with Crippen molar-refractivity contribution in [3.05, 3.63) is 52.9 Å². The van der Waals surface area contributed by atoms with Crippen molar-refractivity contribution < 1.29 is 0 Å². The van der Waals surface area contributed by atoms with Crippen LogP contribution in [0.3, 0.4) is 0 Å². The standard InChI is InChI=1S/C15H16N2S2/c1-18-14-13-7-10-19-15(13)17(9-8-16-14)11-12-5-3-2-4-6-12/h2-7,10H,8-9,11H2,1H3. The Morgan fingerprint density at radius 1 is 1.26 bits per heavy atom. The van der Waals surface area contributed by atoms with E-state index in [4.69, 9.17) is 4.99 Å². The molecule has 4 heteroatoms. The van der Waals surface area contributed by atoms with E-state index in [1.54, 1.807) is 11.8 Å². The minimum Gasteiger partial charge on any atom is -0.357 e. The second-order valence-electron chi connectivity index (χ2n) is 4.44. The number of benzene rings is 1. The number of hydrogen-bond acceptors (Lipinski definition) is 4. The van der Waals surface area contributed by atoms with Gasteiger partial charge >= 0.3 is 0 Å². The molecule has 2 nitrogen and oxygen atoms in total. The van der Waals surface area contributed by atoms with Gasteiger partial charge in [0.25, 0.3) is 0 Å². The Balaban J connectivity index is 1.89. The summed E-state index contributed by atoms with van der Waals surface area (Å²) in [5.41, 5.74) is 2.65. The van der Waals surface area contributed by atoms with Crippen molar-refractivity contribution in [3.63, 3.8) is 0 Å². The topological polar surface area (TPSA) is 15.6 Å². The molecule has 19 heavy (non-hydrogen) atoms. The first kappa shape index (κ1) is 12.8. The van der Waals surface area contributed by atoms with E-state index in [0.29, 0.717) is 0 Å². The molecule has 1 aliphatic rings. The molecule has 0 unspecified atom stereocenters. The summed E-state index contributed by atoms with van der Waals surface area (Å²) in [5, 5.41) is 4.70. The number of nitrogens with zero attached hydrogens (tertiary/aromatic N) is 2. The molecule has 0 amide bonds. The zero-order chi connectivity index (χ0) is 13.1. The highest BCUT2D eigenvalue weighted by Gasteiger charge is 2.19. The maximum absolute atomic E-state index is 4.69. The Labute approximate surface area is 122 Å². The minimum atomic E-state index is 0.879. The normalized spacial score (nSPS) is 14.8. The van der Waals surface area contributed by atoms with Crippen molar-refractivity contribution >= 4 is 33.1 Å². The fourth-order valence-electron chi connectivity index (χ4n) is 2.30. The molecule has 0 saturated heterocycles. The van der Waals surface area contributed by atoms with Crippen molar-refractivity contribution in [1.82, 2.24) is 0 Å². The van der Waals surface area contributed by atoms with E-state index in [1.807, 2.05) is 11.3 Å². The highest BCUT2D eigenvalue weighted by Crippen LogP contribution is 2.33. The molecule has 0 radical (unpaired) electrons. The van der Waals surface area contributed by atoms with Crippen molar-refractivity contribution in [3.8, 4) is 0 Å². The van der Waals surface area contributed by atoms with Crippen LogP contribution in [-0.2, 0) is 6.54 Å². The maximum Gasteiger partial charge on any atom is 0.101 e. The second-order valence-corrected chi connectivity index (χ2v) is 6.13. The molecular formula is C15H16N2S2. The Morgan fingerprint density at radius 2 is 2.11 bits per heavy atom. The third kappa shape index (κ3) is 2.69. The fourth-order valence-corrected chi connectivity index (χ4v) is 3.90. The van der Waals surface area contributed by atoms with Gasteiger partial charge in [-0.15, -0.1) is 23.1 Å². The van der Waals surface area contributed by atoms with Crippen LogP contribution in [0, 0.1) is 0 Å². The quantitative estimate of drug-likeness (QED) is 0.833. The van der Waals surface area contributed by atoms with E-state index < -0.39 is 0 Å². The summed E-state index contributed by atoms with van der Waals surface area (Å²) in [4.78, 5) is 7.14. The Kier molecular flexibility index (Phi) is 3.89. The van der Waals surface area contributed by atoms with Crippen LogP contribution in [0.1, 0.15) is 11.1 Å². The van der Waals surface area contributed by atoms with E-state index in [1.165, 1.54) is 21.2 Å². The lowest BCUT2D eigenvalue weighted by molar-refractivity contribution is 0.804. The van der Waals surface area contributed by atoms with Crippen molar-refractivity contribution in [2.45, 2.75) is 6.54 Å². The van der Waals surface area contributed by atoms with Crippen LogP contribution in [0.2, 0.25) is 0 Å². The van der Waals surface area contributed by atoms with Crippen LogP contribution in [0.15, 0.2) is 46.8 Å². The molecule has 0 aliphatic carbocycles. The maximum atomic E-state index is 4.69. The van der Waals surface area contributed by atoms with E-state index in [-0.39, 0.29) is 0 Å². The van der Waals surface area contributed by atoms with Gasteiger partial charge in [0.2, 0.25) is 0 Å².